The molecule has 0 amide bonds. The maximum atomic E-state index is 10.1. The van der Waals surface area contributed by atoms with Gasteiger partial charge in [0, 0.05) is 12.0 Å². The Kier molecular flexibility index (Phi) is 4.25. The summed E-state index contributed by atoms with van der Waals surface area (Å²) >= 11 is 3.28. The van der Waals surface area contributed by atoms with E-state index < -0.39 is 6.10 Å². The average Bonchev–Trinajstić information content (AvgIpc) is 2.76. The van der Waals surface area contributed by atoms with Crippen LogP contribution in [0, 0.1) is 0 Å². The molecule has 0 aliphatic carbocycles. The molecule has 0 aliphatic heterocycles. The number of hydrogen-bond donors (Lipinski definition) is 1. The number of aliphatic hydroxyl groups is 1. The molecule has 0 radical (unpaired) electrons. The Morgan fingerprint density at radius 1 is 1.17 bits per heavy atom. The molecule has 18 heavy (non-hydrogen) atoms. The third-order valence-electron chi connectivity index (χ3n) is 3.08. The average molecular weight is 309 g/mol. The van der Waals surface area contributed by atoms with Gasteiger partial charge in [-0.05, 0) is 39.0 Å². The monoisotopic (exact) mass is 308 g/mol. The van der Waals surface area contributed by atoms with E-state index in [9.17, 15) is 5.11 Å². The lowest BCUT2D eigenvalue weighted by Crippen LogP contribution is -2.01. The standard InChI is InChI=1S/C15H17BrO2/c1-10(2)12-5-3-11(4-6-12)9-14(17)13-7-8-18-15(13)16/h3-8,10,14,17H,9H2,1-2H3. The summed E-state index contributed by atoms with van der Waals surface area (Å²) in [6.45, 7) is 4.35. The van der Waals surface area contributed by atoms with Gasteiger partial charge in [-0.3, -0.25) is 0 Å². The van der Waals surface area contributed by atoms with E-state index >= 15 is 0 Å². The molecule has 1 unspecified atom stereocenters. The second-order valence-corrected chi connectivity index (χ2v) is 5.49. The molecule has 1 N–H and O–H groups in total. The van der Waals surface area contributed by atoms with Crippen molar-refractivity contribution in [3.05, 3.63) is 58.0 Å². The first-order valence-electron chi connectivity index (χ1n) is 6.07. The maximum Gasteiger partial charge on any atom is 0.174 e. The number of aliphatic hydroxyl groups excluding tert-OH is 1. The number of hydrogen-bond acceptors (Lipinski definition) is 2. The minimum Gasteiger partial charge on any atom is -0.457 e. The molecule has 0 fully saturated rings. The van der Waals surface area contributed by atoms with E-state index in [2.05, 4.69) is 54.0 Å². The molecule has 0 aliphatic rings. The first-order valence-corrected chi connectivity index (χ1v) is 6.87. The molecule has 0 bridgehead atoms. The van der Waals surface area contributed by atoms with E-state index in [1.54, 1.807) is 12.3 Å². The van der Waals surface area contributed by atoms with Crippen LogP contribution in [-0.4, -0.2) is 5.11 Å². The van der Waals surface area contributed by atoms with E-state index in [0.717, 1.165) is 11.1 Å². The molecule has 1 aromatic heterocycles. The SMILES string of the molecule is CC(C)c1ccc(CC(O)c2ccoc2Br)cc1. The highest BCUT2D eigenvalue weighted by Gasteiger charge is 2.14. The Labute approximate surface area is 116 Å². The van der Waals surface area contributed by atoms with Gasteiger partial charge in [-0.25, -0.2) is 0 Å². The Morgan fingerprint density at radius 3 is 2.33 bits per heavy atom. The lowest BCUT2D eigenvalue weighted by Gasteiger charge is -2.11. The number of rotatable bonds is 4. The zero-order valence-electron chi connectivity index (χ0n) is 10.6. The molecule has 96 valence electrons. The lowest BCUT2D eigenvalue weighted by molar-refractivity contribution is 0.176. The van der Waals surface area contributed by atoms with Gasteiger partial charge in [-0.2, -0.15) is 0 Å². The van der Waals surface area contributed by atoms with Crippen LogP contribution in [0.5, 0.6) is 0 Å². The van der Waals surface area contributed by atoms with E-state index in [0.29, 0.717) is 17.0 Å². The predicted molar refractivity (Wildman–Crippen MR) is 75.6 cm³/mol. The molecule has 2 aromatic rings. The minimum atomic E-state index is -0.539. The highest BCUT2D eigenvalue weighted by Crippen LogP contribution is 2.27. The van der Waals surface area contributed by atoms with E-state index in [-0.39, 0.29) is 0 Å². The summed E-state index contributed by atoms with van der Waals surface area (Å²) in [5.74, 6) is 0.534. The Bertz CT molecular complexity index is 499. The van der Waals surface area contributed by atoms with Crippen molar-refractivity contribution >= 4 is 15.9 Å². The highest BCUT2D eigenvalue weighted by molar-refractivity contribution is 9.10. The summed E-state index contributed by atoms with van der Waals surface area (Å²) < 4.78 is 5.74. The van der Waals surface area contributed by atoms with Crippen molar-refractivity contribution in [2.24, 2.45) is 0 Å². The van der Waals surface area contributed by atoms with Crippen LogP contribution in [-0.2, 0) is 6.42 Å². The second-order valence-electron chi connectivity index (χ2n) is 4.77. The largest absolute Gasteiger partial charge is 0.457 e. The van der Waals surface area contributed by atoms with Crippen molar-refractivity contribution in [1.82, 2.24) is 0 Å². The van der Waals surface area contributed by atoms with E-state index in [1.165, 1.54) is 5.56 Å². The van der Waals surface area contributed by atoms with Gasteiger partial charge in [0.25, 0.3) is 0 Å². The summed E-state index contributed by atoms with van der Waals surface area (Å²) in [6, 6.07) is 10.2. The minimum absolute atomic E-state index is 0.534. The fraction of sp³-hybridized carbons (Fsp3) is 0.333. The van der Waals surface area contributed by atoms with Crippen LogP contribution < -0.4 is 0 Å². The molecule has 2 rings (SSSR count). The van der Waals surface area contributed by atoms with Crippen molar-refractivity contribution in [2.75, 3.05) is 0 Å². The first-order chi connectivity index (χ1) is 8.58. The Hall–Kier alpha value is -1.06. The van der Waals surface area contributed by atoms with Gasteiger partial charge in [0.2, 0.25) is 0 Å². The third-order valence-corrected chi connectivity index (χ3v) is 3.73. The lowest BCUT2D eigenvalue weighted by atomic mass is 9.98. The smallest absolute Gasteiger partial charge is 0.174 e. The Balaban J connectivity index is 2.08. The van der Waals surface area contributed by atoms with Gasteiger partial charge in [-0.15, -0.1) is 0 Å². The molecular weight excluding hydrogens is 292 g/mol. The number of furan rings is 1. The zero-order chi connectivity index (χ0) is 13.1. The van der Waals surface area contributed by atoms with Crippen molar-refractivity contribution in [1.29, 1.82) is 0 Å². The summed E-state index contributed by atoms with van der Waals surface area (Å²) in [7, 11) is 0. The molecule has 3 heteroatoms. The molecule has 1 atom stereocenters. The van der Waals surface area contributed by atoms with Crippen LogP contribution in [0.2, 0.25) is 0 Å². The van der Waals surface area contributed by atoms with Crippen molar-refractivity contribution in [3.63, 3.8) is 0 Å². The van der Waals surface area contributed by atoms with Crippen molar-refractivity contribution < 1.29 is 9.52 Å². The molecule has 1 heterocycles. The molecule has 0 spiro atoms. The third kappa shape index (κ3) is 3.03. The van der Waals surface area contributed by atoms with Crippen LogP contribution >= 0.6 is 15.9 Å². The summed E-state index contributed by atoms with van der Waals surface area (Å²) in [4.78, 5) is 0. The van der Waals surface area contributed by atoms with E-state index in [4.69, 9.17) is 4.42 Å². The van der Waals surface area contributed by atoms with Crippen LogP contribution in [0.15, 0.2) is 45.7 Å². The maximum absolute atomic E-state index is 10.1. The molecule has 1 aromatic carbocycles. The van der Waals surface area contributed by atoms with Crippen molar-refractivity contribution in [2.45, 2.75) is 32.3 Å². The van der Waals surface area contributed by atoms with Gasteiger partial charge >= 0.3 is 0 Å². The molecule has 0 saturated heterocycles. The highest BCUT2D eigenvalue weighted by atomic mass is 79.9. The van der Waals surface area contributed by atoms with Crippen LogP contribution in [0.1, 0.15) is 42.6 Å². The normalized spacial score (nSPS) is 12.9. The van der Waals surface area contributed by atoms with E-state index in [1.807, 2.05) is 0 Å². The molecular formula is C15H17BrO2. The second kappa shape index (κ2) is 5.72. The summed E-state index contributed by atoms with van der Waals surface area (Å²) in [5.41, 5.74) is 3.24. The first kappa shape index (κ1) is 13.4. The Morgan fingerprint density at radius 2 is 1.83 bits per heavy atom. The van der Waals surface area contributed by atoms with Gasteiger partial charge in [0.1, 0.15) is 0 Å². The van der Waals surface area contributed by atoms with Crippen LogP contribution in [0.25, 0.3) is 0 Å². The molecule has 0 saturated carbocycles. The quantitative estimate of drug-likeness (QED) is 0.905. The summed E-state index contributed by atoms with van der Waals surface area (Å²) in [6.07, 6.45) is 1.63. The zero-order valence-corrected chi connectivity index (χ0v) is 12.1. The van der Waals surface area contributed by atoms with Crippen LogP contribution in [0.4, 0.5) is 0 Å². The van der Waals surface area contributed by atoms with Gasteiger partial charge in [0.15, 0.2) is 4.67 Å². The molecule has 2 nitrogen and oxygen atoms in total. The predicted octanol–water partition coefficient (Wildman–Crippen LogP) is 4.44. The van der Waals surface area contributed by atoms with Gasteiger partial charge in [0.05, 0.1) is 12.4 Å². The van der Waals surface area contributed by atoms with Gasteiger partial charge < -0.3 is 9.52 Å². The fourth-order valence-electron chi connectivity index (χ4n) is 1.91. The van der Waals surface area contributed by atoms with Crippen molar-refractivity contribution in [3.8, 4) is 0 Å². The number of halogens is 1. The van der Waals surface area contributed by atoms with Crippen LogP contribution in [0.3, 0.4) is 0 Å². The topological polar surface area (TPSA) is 33.4 Å². The number of benzene rings is 1. The summed E-state index contributed by atoms with van der Waals surface area (Å²) in [5, 5.41) is 10.1. The van der Waals surface area contributed by atoms with Gasteiger partial charge in [-0.1, -0.05) is 38.1 Å². The fourth-order valence-corrected chi connectivity index (χ4v) is 2.42.